The first-order chi connectivity index (χ1) is 13.4. The molecule has 2 atom stereocenters. The highest BCUT2D eigenvalue weighted by atomic mass is 35.5. The van der Waals surface area contributed by atoms with E-state index in [-0.39, 0.29) is 23.6 Å². The van der Waals surface area contributed by atoms with E-state index in [4.69, 9.17) is 4.74 Å². The summed E-state index contributed by atoms with van der Waals surface area (Å²) in [5.74, 6) is 1.59. The quantitative estimate of drug-likeness (QED) is 0.534. The van der Waals surface area contributed by atoms with Crippen LogP contribution in [0.15, 0.2) is 48.5 Å². The van der Waals surface area contributed by atoms with E-state index in [2.05, 4.69) is 56.9 Å². The Labute approximate surface area is 181 Å². The highest BCUT2D eigenvalue weighted by Gasteiger charge is 2.30. The third-order valence-corrected chi connectivity index (χ3v) is 5.84. The lowest BCUT2D eigenvalue weighted by atomic mass is 9.80. The second-order valence-corrected chi connectivity index (χ2v) is 9.09. The van der Waals surface area contributed by atoms with Crippen LogP contribution in [0.5, 0.6) is 5.75 Å². The van der Waals surface area contributed by atoms with Gasteiger partial charge in [0.15, 0.2) is 0 Å². The minimum atomic E-state index is -0.168. The molecular formula is C25H35ClFNO. The molecule has 0 aromatic heterocycles. The van der Waals surface area contributed by atoms with Crippen LogP contribution < -0.4 is 4.74 Å². The Hall–Kier alpha value is -1.58. The Morgan fingerprint density at radius 2 is 1.69 bits per heavy atom. The molecule has 1 aliphatic heterocycles. The number of benzene rings is 2. The molecule has 2 nitrogen and oxygen atoms in total. The van der Waals surface area contributed by atoms with Crippen LogP contribution in [0.3, 0.4) is 0 Å². The average molecular weight is 420 g/mol. The predicted octanol–water partition coefficient (Wildman–Crippen LogP) is 6.44. The van der Waals surface area contributed by atoms with Crippen molar-refractivity contribution in [2.75, 3.05) is 26.2 Å². The number of piperidine rings is 1. The molecule has 1 fully saturated rings. The smallest absolute Gasteiger partial charge is 0.123 e. The van der Waals surface area contributed by atoms with Crippen LogP contribution in [0.25, 0.3) is 0 Å². The van der Waals surface area contributed by atoms with Crippen molar-refractivity contribution in [3.8, 4) is 5.75 Å². The van der Waals surface area contributed by atoms with Gasteiger partial charge in [-0.05, 0) is 72.7 Å². The van der Waals surface area contributed by atoms with E-state index in [0.717, 1.165) is 31.8 Å². The second-order valence-electron chi connectivity index (χ2n) is 9.09. The summed E-state index contributed by atoms with van der Waals surface area (Å²) in [6, 6.07) is 15.5. The maximum absolute atomic E-state index is 13.4. The van der Waals surface area contributed by atoms with Gasteiger partial charge in [-0.3, -0.25) is 0 Å². The van der Waals surface area contributed by atoms with Gasteiger partial charge in [-0.2, -0.15) is 0 Å². The summed E-state index contributed by atoms with van der Waals surface area (Å²) in [5, 5.41) is 0. The van der Waals surface area contributed by atoms with Crippen LogP contribution in [0.2, 0.25) is 0 Å². The molecule has 1 aliphatic rings. The van der Waals surface area contributed by atoms with Gasteiger partial charge in [-0.25, -0.2) is 4.39 Å². The lowest BCUT2D eigenvalue weighted by molar-refractivity contribution is 0.111. The van der Waals surface area contributed by atoms with Crippen LogP contribution in [-0.4, -0.2) is 31.1 Å². The van der Waals surface area contributed by atoms with Gasteiger partial charge in [0.1, 0.15) is 11.6 Å². The van der Waals surface area contributed by atoms with Gasteiger partial charge in [-0.15, -0.1) is 12.4 Å². The third-order valence-electron chi connectivity index (χ3n) is 5.84. The van der Waals surface area contributed by atoms with E-state index in [1.54, 1.807) is 12.1 Å². The van der Waals surface area contributed by atoms with Crippen molar-refractivity contribution in [2.24, 2.45) is 5.92 Å². The number of ether oxygens (including phenoxy) is 1. The van der Waals surface area contributed by atoms with Gasteiger partial charge < -0.3 is 9.64 Å². The van der Waals surface area contributed by atoms with E-state index in [1.165, 1.54) is 17.5 Å². The van der Waals surface area contributed by atoms with Crippen LogP contribution in [-0.2, 0) is 5.41 Å². The van der Waals surface area contributed by atoms with E-state index in [0.29, 0.717) is 18.4 Å². The zero-order chi connectivity index (χ0) is 20.1. The number of nitrogens with zero attached hydrogens (tertiary/aromatic N) is 1. The highest BCUT2D eigenvalue weighted by molar-refractivity contribution is 5.85. The second kappa shape index (κ2) is 10.4. The van der Waals surface area contributed by atoms with Crippen molar-refractivity contribution in [3.63, 3.8) is 0 Å². The molecule has 0 amide bonds. The minimum Gasteiger partial charge on any atom is -0.493 e. The summed E-state index contributed by atoms with van der Waals surface area (Å²) in [6.45, 7) is 12.9. The summed E-state index contributed by atoms with van der Waals surface area (Å²) < 4.78 is 19.6. The molecule has 0 saturated carbocycles. The fraction of sp³-hybridized carbons (Fsp3) is 0.520. The van der Waals surface area contributed by atoms with Crippen LogP contribution in [0.4, 0.5) is 4.39 Å². The van der Waals surface area contributed by atoms with Crippen molar-refractivity contribution in [2.45, 2.75) is 51.9 Å². The fourth-order valence-electron chi connectivity index (χ4n) is 4.20. The Morgan fingerprint density at radius 1 is 1.03 bits per heavy atom. The summed E-state index contributed by atoms with van der Waals surface area (Å²) in [4.78, 5) is 2.54. The minimum absolute atomic E-state index is 0. The van der Waals surface area contributed by atoms with Crippen molar-refractivity contribution in [1.82, 2.24) is 4.90 Å². The highest BCUT2D eigenvalue weighted by Crippen LogP contribution is 2.34. The Kier molecular flexibility index (Phi) is 8.54. The molecule has 160 valence electrons. The summed E-state index contributed by atoms with van der Waals surface area (Å²) in [5.41, 5.74) is 2.70. The molecule has 4 heteroatoms. The van der Waals surface area contributed by atoms with Crippen molar-refractivity contribution in [1.29, 1.82) is 0 Å². The van der Waals surface area contributed by atoms with Gasteiger partial charge in [0, 0.05) is 12.5 Å². The van der Waals surface area contributed by atoms with Crippen molar-refractivity contribution >= 4 is 12.4 Å². The summed E-state index contributed by atoms with van der Waals surface area (Å²) in [7, 11) is 0. The molecular weight excluding hydrogens is 385 g/mol. The standard InChI is InChI=1S/C25H34FNO.ClH/c1-5-15-27-16-14-24(19-6-10-22(26)11-7-19)20(17-27)18-28-23-12-8-21(9-13-23)25(2,3)4;/h6-13,20,24H,5,14-18H2,1-4H3;1H. The number of halogens is 2. The Balaban J connectivity index is 0.00000300. The first kappa shape index (κ1) is 23.7. The summed E-state index contributed by atoms with van der Waals surface area (Å²) in [6.07, 6.45) is 2.27. The fourth-order valence-corrected chi connectivity index (χ4v) is 4.20. The van der Waals surface area contributed by atoms with E-state index >= 15 is 0 Å². The van der Waals surface area contributed by atoms with Gasteiger partial charge in [0.25, 0.3) is 0 Å². The van der Waals surface area contributed by atoms with Crippen molar-refractivity contribution < 1.29 is 9.13 Å². The average Bonchev–Trinajstić information content (AvgIpc) is 2.67. The number of hydrogen-bond acceptors (Lipinski definition) is 2. The SMILES string of the molecule is CCCN1CCC(c2ccc(F)cc2)C(COc2ccc(C(C)(C)C)cc2)C1.Cl. The molecule has 1 saturated heterocycles. The van der Waals surface area contributed by atoms with E-state index in [9.17, 15) is 4.39 Å². The van der Waals surface area contributed by atoms with Crippen LogP contribution in [0.1, 0.15) is 57.6 Å². The first-order valence-electron chi connectivity index (χ1n) is 10.6. The maximum Gasteiger partial charge on any atom is 0.123 e. The van der Waals surface area contributed by atoms with Crippen LogP contribution >= 0.6 is 12.4 Å². The number of likely N-dealkylation sites (tertiary alicyclic amines) is 1. The van der Waals surface area contributed by atoms with Gasteiger partial charge in [0.05, 0.1) is 6.61 Å². The molecule has 0 bridgehead atoms. The monoisotopic (exact) mass is 419 g/mol. The molecule has 1 heterocycles. The molecule has 0 N–H and O–H groups in total. The van der Waals surface area contributed by atoms with Gasteiger partial charge in [0.2, 0.25) is 0 Å². The largest absolute Gasteiger partial charge is 0.493 e. The molecule has 2 aromatic carbocycles. The van der Waals surface area contributed by atoms with Gasteiger partial charge in [-0.1, -0.05) is 52.0 Å². The zero-order valence-electron chi connectivity index (χ0n) is 18.2. The maximum atomic E-state index is 13.4. The van der Waals surface area contributed by atoms with E-state index in [1.807, 2.05) is 12.1 Å². The third kappa shape index (κ3) is 6.45. The molecule has 29 heavy (non-hydrogen) atoms. The van der Waals surface area contributed by atoms with Crippen molar-refractivity contribution in [3.05, 3.63) is 65.5 Å². The van der Waals surface area contributed by atoms with Gasteiger partial charge >= 0.3 is 0 Å². The van der Waals surface area contributed by atoms with E-state index < -0.39 is 0 Å². The lowest BCUT2D eigenvalue weighted by Gasteiger charge is -2.38. The number of rotatable bonds is 6. The Morgan fingerprint density at radius 3 is 2.28 bits per heavy atom. The molecule has 3 rings (SSSR count). The Bertz CT molecular complexity index is 739. The molecule has 0 radical (unpaired) electrons. The predicted molar refractivity (Wildman–Crippen MR) is 122 cm³/mol. The topological polar surface area (TPSA) is 12.5 Å². The molecule has 0 spiro atoms. The lowest BCUT2D eigenvalue weighted by Crippen LogP contribution is -2.42. The normalized spacial score (nSPS) is 20.2. The molecule has 0 aliphatic carbocycles. The number of hydrogen-bond donors (Lipinski definition) is 0. The summed E-state index contributed by atoms with van der Waals surface area (Å²) >= 11 is 0. The first-order valence-corrected chi connectivity index (χ1v) is 10.6. The zero-order valence-corrected chi connectivity index (χ0v) is 19.0. The molecule has 2 aromatic rings. The molecule has 2 unspecified atom stereocenters. The van der Waals surface area contributed by atoms with Crippen LogP contribution in [0, 0.1) is 11.7 Å².